The number of hydrogen-bond acceptors (Lipinski definition) is 7. The SMILES string of the molecule is OCCCN(Cc1cccc(Cl)c1)Cc1nc(-c2ncn[nH]2)no1. The van der Waals surface area contributed by atoms with E-state index in [0.717, 1.165) is 5.56 Å². The van der Waals surface area contributed by atoms with Crippen LogP contribution in [-0.4, -0.2) is 48.5 Å². The predicted octanol–water partition coefficient (Wildman–Crippen LogP) is 1.89. The van der Waals surface area contributed by atoms with Crippen LogP contribution in [0, 0.1) is 0 Å². The number of aromatic amines is 1. The van der Waals surface area contributed by atoms with E-state index in [1.807, 2.05) is 24.3 Å². The number of aliphatic hydroxyl groups excluding tert-OH is 1. The Morgan fingerprint density at radius 3 is 2.96 bits per heavy atom. The summed E-state index contributed by atoms with van der Waals surface area (Å²) in [6, 6.07) is 7.67. The zero-order chi connectivity index (χ0) is 16.8. The fourth-order valence-electron chi connectivity index (χ4n) is 2.32. The molecule has 3 rings (SSSR count). The van der Waals surface area contributed by atoms with Crippen molar-refractivity contribution in [2.45, 2.75) is 19.5 Å². The van der Waals surface area contributed by atoms with E-state index in [2.05, 4.69) is 30.2 Å². The number of rotatable bonds is 8. The first-order chi connectivity index (χ1) is 11.7. The van der Waals surface area contributed by atoms with E-state index in [-0.39, 0.29) is 6.61 Å². The second kappa shape index (κ2) is 8.00. The average molecular weight is 349 g/mol. The molecule has 0 bridgehead atoms. The van der Waals surface area contributed by atoms with Crippen LogP contribution in [0.15, 0.2) is 35.1 Å². The second-order valence-electron chi connectivity index (χ2n) is 5.26. The molecule has 0 spiro atoms. The fraction of sp³-hybridized carbons (Fsp3) is 0.333. The molecule has 3 aromatic rings. The van der Waals surface area contributed by atoms with Gasteiger partial charge in [-0.25, -0.2) is 4.98 Å². The largest absolute Gasteiger partial charge is 0.396 e. The molecule has 0 radical (unpaired) electrons. The zero-order valence-electron chi connectivity index (χ0n) is 12.9. The second-order valence-corrected chi connectivity index (χ2v) is 5.70. The number of nitrogens with zero attached hydrogens (tertiary/aromatic N) is 5. The average Bonchev–Trinajstić information content (AvgIpc) is 3.24. The highest BCUT2D eigenvalue weighted by Crippen LogP contribution is 2.15. The van der Waals surface area contributed by atoms with Crippen LogP contribution in [0.5, 0.6) is 0 Å². The minimum Gasteiger partial charge on any atom is -0.396 e. The van der Waals surface area contributed by atoms with Gasteiger partial charge in [0.05, 0.1) is 6.54 Å². The van der Waals surface area contributed by atoms with E-state index in [9.17, 15) is 0 Å². The summed E-state index contributed by atoms with van der Waals surface area (Å²) in [6.45, 7) is 1.95. The van der Waals surface area contributed by atoms with Crippen molar-refractivity contribution in [1.82, 2.24) is 30.2 Å². The summed E-state index contributed by atoms with van der Waals surface area (Å²) in [5.74, 6) is 1.30. The first-order valence-corrected chi connectivity index (χ1v) is 7.88. The number of aromatic nitrogens is 5. The van der Waals surface area contributed by atoms with Crippen molar-refractivity contribution in [3.8, 4) is 11.6 Å². The molecule has 0 aliphatic rings. The lowest BCUT2D eigenvalue weighted by molar-refractivity contribution is 0.192. The molecule has 0 aliphatic carbocycles. The number of benzene rings is 1. The van der Waals surface area contributed by atoms with Crippen LogP contribution >= 0.6 is 11.6 Å². The molecule has 0 atom stereocenters. The van der Waals surface area contributed by atoms with E-state index >= 15 is 0 Å². The van der Waals surface area contributed by atoms with Crippen LogP contribution in [-0.2, 0) is 13.1 Å². The van der Waals surface area contributed by atoms with Gasteiger partial charge in [0.25, 0.3) is 0 Å². The molecule has 2 aromatic heterocycles. The molecule has 0 unspecified atom stereocenters. The van der Waals surface area contributed by atoms with E-state index in [1.165, 1.54) is 6.33 Å². The van der Waals surface area contributed by atoms with Crippen molar-refractivity contribution in [3.05, 3.63) is 47.1 Å². The van der Waals surface area contributed by atoms with Crippen LogP contribution < -0.4 is 0 Å². The number of halogens is 1. The summed E-state index contributed by atoms with van der Waals surface area (Å²) in [5.41, 5.74) is 1.08. The van der Waals surface area contributed by atoms with Crippen LogP contribution in [0.3, 0.4) is 0 Å². The standard InChI is InChI=1S/C15H17ClN6O2/c16-12-4-1-3-11(7-12)8-22(5-2-6-23)9-13-19-15(21-24-13)14-17-10-18-20-14/h1,3-4,7,10,23H,2,5-6,8-9H2,(H,17,18,20). The van der Waals surface area contributed by atoms with Gasteiger partial charge in [0.15, 0.2) is 5.82 Å². The Kier molecular flexibility index (Phi) is 5.52. The van der Waals surface area contributed by atoms with Crippen LogP contribution in [0.4, 0.5) is 0 Å². The molecule has 126 valence electrons. The number of hydrogen-bond donors (Lipinski definition) is 2. The molecule has 0 aliphatic heterocycles. The highest BCUT2D eigenvalue weighted by molar-refractivity contribution is 6.30. The Hall–Kier alpha value is -2.29. The molecule has 24 heavy (non-hydrogen) atoms. The Morgan fingerprint density at radius 2 is 2.21 bits per heavy atom. The molecule has 1 aromatic carbocycles. The summed E-state index contributed by atoms with van der Waals surface area (Å²) in [6.07, 6.45) is 2.04. The Balaban J connectivity index is 1.69. The van der Waals surface area contributed by atoms with Gasteiger partial charge in [-0.3, -0.25) is 10.00 Å². The molecule has 8 nitrogen and oxygen atoms in total. The minimum absolute atomic E-state index is 0.124. The minimum atomic E-state index is 0.124. The van der Waals surface area contributed by atoms with E-state index in [1.54, 1.807) is 0 Å². The summed E-state index contributed by atoms with van der Waals surface area (Å²) >= 11 is 6.04. The Labute approximate surface area is 143 Å². The van der Waals surface area contributed by atoms with Crippen molar-refractivity contribution in [2.24, 2.45) is 0 Å². The van der Waals surface area contributed by atoms with Gasteiger partial charge in [-0.15, -0.1) is 0 Å². The topological polar surface area (TPSA) is 104 Å². The molecule has 2 heterocycles. The molecular weight excluding hydrogens is 332 g/mol. The maximum absolute atomic E-state index is 9.10. The van der Waals surface area contributed by atoms with E-state index < -0.39 is 0 Å². The van der Waals surface area contributed by atoms with Gasteiger partial charge in [-0.05, 0) is 24.1 Å². The number of nitrogens with one attached hydrogen (secondary N) is 1. The van der Waals surface area contributed by atoms with Crippen LogP contribution in [0.1, 0.15) is 17.9 Å². The Bertz CT molecular complexity index is 761. The van der Waals surface area contributed by atoms with E-state index in [4.69, 9.17) is 21.2 Å². The lowest BCUT2D eigenvalue weighted by Crippen LogP contribution is -2.24. The fourth-order valence-corrected chi connectivity index (χ4v) is 2.53. The zero-order valence-corrected chi connectivity index (χ0v) is 13.6. The molecular formula is C15H17ClN6O2. The van der Waals surface area contributed by atoms with Crippen LogP contribution in [0.25, 0.3) is 11.6 Å². The van der Waals surface area contributed by atoms with Crippen molar-refractivity contribution >= 4 is 11.6 Å². The maximum Gasteiger partial charge on any atom is 0.241 e. The van der Waals surface area contributed by atoms with Gasteiger partial charge in [-0.2, -0.15) is 10.1 Å². The highest BCUT2D eigenvalue weighted by atomic mass is 35.5. The van der Waals surface area contributed by atoms with Crippen molar-refractivity contribution in [2.75, 3.05) is 13.2 Å². The predicted molar refractivity (Wildman–Crippen MR) is 86.9 cm³/mol. The van der Waals surface area contributed by atoms with Crippen molar-refractivity contribution in [1.29, 1.82) is 0 Å². The summed E-state index contributed by atoms with van der Waals surface area (Å²) < 4.78 is 5.28. The first kappa shape index (κ1) is 16.6. The normalized spacial score (nSPS) is 11.3. The summed E-state index contributed by atoms with van der Waals surface area (Å²) in [7, 11) is 0. The Morgan fingerprint density at radius 1 is 1.29 bits per heavy atom. The van der Waals surface area contributed by atoms with Gasteiger partial charge < -0.3 is 9.63 Å². The molecule has 9 heteroatoms. The maximum atomic E-state index is 9.10. The van der Waals surface area contributed by atoms with Crippen molar-refractivity contribution in [3.63, 3.8) is 0 Å². The lowest BCUT2D eigenvalue weighted by Gasteiger charge is -2.20. The smallest absolute Gasteiger partial charge is 0.241 e. The lowest BCUT2D eigenvalue weighted by atomic mass is 10.2. The van der Waals surface area contributed by atoms with Crippen molar-refractivity contribution < 1.29 is 9.63 Å². The van der Waals surface area contributed by atoms with E-state index in [0.29, 0.717) is 48.6 Å². The highest BCUT2D eigenvalue weighted by Gasteiger charge is 2.15. The molecule has 0 saturated carbocycles. The third-order valence-electron chi connectivity index (χ3n) is 3.38. The quantitative estimate of drug-likeness (QED) is 0.640. The monoisotopic (exact) mass is 348 g/mol. The van der Waals surface area contributed by atoms with Gasteiger partial charge in [0.1, 0.15) is 6.33 Å². The van der Waals surface area contributed by atoms with Gasteiger partial charge in [0.2, 0.25) is 11.7 Å². The van der Waals surface area contributed by atoms with Gasteiger partial charge in [-0.1, -0.05) is 28.9 Å². The molecule has 0 fully saturated rings. The third-order valence-corrected chi connectivity index (χ3v) is 3.62. The first-order valence-electron chi connectivity index (χ1n) is 7.50. The molecule has 2 N–H and O–H groups in total. The van der Waals surface area contributed by atoms with Crippen LogP contribution in [0.2, 0.25) is 5.02 Å². The number of H-pyrrole nitrogens is 1. The molecule has 0 amide bonds. The number of aliphatic hydroxyl groups is 1. The summed E-state index contributed by atoms with van der Waals surface area (Å²) in [4.78, 5) is 10.4. The van der Waals surface area contributed by atoms with Gasteiger partial charge >= 0.3 is 0 Å². The third kappa shape index (κ3) is 4.38. The van der Waals surface area contributed by atoms with Gasteiger partial charge in [0, 0.05) is 24.7 Å². The summed E-state index contributed by atoms with van der Waals surface area (Å²) in [5, 5.41) is 20.2. The molecule has 0 saturated heterocycles.